The summed E-state index contributed by atoms with van der Waals surface area (Å²) in [4.78, 5) is 11.9. The Hall–Kier alpha value is 0.0538. The van der Waals surface area contributed by atoms with E-state index in [1.165, 1.54) is 4.90 Å². The van der Waals surface area contributed by atoms with Gasteiger partial charge in [0.05, 0.1) is 0 Å². The summed E-state index contributed by atoms with van der Waals surface area (Å²) in [6.45, 7) is 11.7. The van der Waals surface area contributed by atoms with Gasteiger partial charge in [0.2, 0.25) is 6.41 Å². The van der Waals surface area contributed by atoms with E-state index in [2.05, 4.69) is 0 Å². The highest BCUT2D eigenvalue weighted by Gasteiger charge is 2.37. The zero-order valence-corrected chi connectivity index (χ0v) is 14.7. The van der Waals surface area contributed by atoms with Crippen molar-refractivity contribution in [3.8, 4) is 0 Å². The Kier molecular flexibility index (Phi) is 5.81. The first-order valence-electron chi connectivity index (χ1n) is 5.53. The van der Waals surface area contributed by atoms with Crippen molar-refractivity contribution >= 4 is 30.6 Å². The van der Waals surface area contributed by atoms with Crippen LogP contribution in [-0.4, -0.2) is 41.3 Å². The van der Waals surface area contributed by atoms with Crippen molar-refractivity contribution in [2.24, 2.45) is 0 Å². The summed E-state index contributed by atoms with van der Waals surface area (Å²) in [5, 5.41) is 0. The van der Waals surface area contributed by atoms with E-state index < -0.39 is 24.2 Å². The van der Waals surface area contributed by atoms with Gasteiger partial charge >= 0.3 is 7.60 Å². The molecule has 0 aliphatic heterocycles. The van der Waals surface area contributed by atoms with Crippen LogP contribution < -0.4 is 0 Å². The van der Waals surface area contributed by atoms with E-state index >= 15 is 0 Å². The van der Waals surface area contributed by atoms with Crippen molar-refractivity contribution in [2.45, 2.75) is 39.3 Å². The largest absolute Gasteiger partial charge is 0.350 e. The quantitative estimate of drug-likeness (QED) is 0.412. The Labute approximate surface area is 106 Å². The molecule has 0 radical (unpaired) electrons. The van der Waals surface area contributed by atoms with Gasteiger partial charge in [0.1, 0.15) is 6.29 Å². The van der Waals surface area contributed by atoms with Gasteiger partial charge < -0.3 is 13.3 Å². The summed E-state index contributed by atoms with van der Waals surface area (Å²) in [6.07, 6.45) is 0.652. The van der Waals surface area contributed by atoms with Gasteiger partial charge in [0.25, 0.3) is 0 Å². The van der Waals surface area contributed by atoms with Crippen molar-refractivity contribution < 1.29 is 17.8 Å². The van der Waals surface area contributed by atoms with Crippen LogP contribution >= 0.6 is 7.60 Å². The first-order chi connectivity index (χ1) is 7.37. The maximum absolute atomic E-state index is 12.6. The lowest BCUT2D eigenvalue weighted by Crippen LogP contribution is -2.33. The molecule has 0 aromatic carbocycles. The molecule has 0 fully saturated rings. The highest BCUT2D eigenvalue weighted by Crippen LogP contribution is 2.52. The first kappa shape index (κ1) is 17.1. The summed E-state index contributed by atoms with van der Waals surface area (Å²) in [5.74, 6) is 0. The summed E-state index contributed by atoms with van der Waals surface area (Å²) < 4.78 is 24.0. The molecule has 102 valence electrons. The number of nitrogens with zero attached hydrogens (tertiary/aromatic N) is 1. The molecule has 0 unspecified atom stereocenters. The van der Waals surface area contributed by atoms with Gasteiger partial charge in [-0.2, -0.15) is 0 Å². The van der Waals surface area contributed by atoms with E-state index in [9.17, 15) is 9.36 Å². The number of rotatable bonds is 7. The minimum absolute atomic E-state index is 0.0189. The summed E-state index contributed by atoms with van der Waals surface area (Å²) in [6, 6.07) is 0. The number of carbonyl (C=O) groups excluding carboxylic acids is 1. The van der Waals surface area contributed by atoms with E-state index in [1.807, 2.05) is 39.3 Å². The van der Waals surface area contributed by atoms with Crippen LogP contribution in [0, 0.1) is 0 Å². The highest BCUT2D eigenvalue weighted by atomic mass is 31.2. The molecule has 0 saturated carbocycles. The Bertz CT molecular complexity index is 291. The van der Waals surface area contributed by atoms with Gasteiger partial charge in [-0.1, -0.05) is 0 Å². The fourth-order valence-corrected chi connectivity index (χ4v) is 9.45. The Balaban J connectivity index is 4.94. The Morgan fingerprint density at radius 1 is 1.06 bits per heavy atom. The van der Waals surface area contributed by atoms with Crippen LogP contribution in [0.15, 0.2) is 0 Å². The van der Waals surface area contributed by atoms with Gasteiger partial charge in [-0.25, -0.2) is 0 Å². The molecule has 0 N–H and O–H groups in total. The zero-order chi connectivity index (χ0) is 13.9. The van der Waals surface area contributed by atoms with Crippen LogP contribution in [0.1, 0.15) is 0 Å². The van der Waals surface area contributed by atoms with E-state index in [4.69, 9.17) is 8.43 Å². The first-order valence-corrected chi connectivity index (χ1v) is 14.1. The zero-order valence-electron chi connectivity index (χ0n) is 11.8. The van der Waals surface area contributed by atoms with E-state index in [-0.39, 0.29) is 6.29 Å². The lowest BCUT2D eigenvalue weighted by atomic mass is 11.0. The van der Waals surface area contributed by atoms with Gasteiger partial charge in [-0.3, -0.25) is 9.36 Å². The van der Waals surface area contributed by atoms with Crippen molar-refractivity contribution in [3.63, 3.8) is 0 Å². The van der Waals surface area contributed by atoms with Gasteiger partial charge in [0.15, 0.2) is 16.6 Å². The topological polar surface area (TPSA) is 55.8 Å². The summed E-state index contributed by atoms with van der Waals surface area (Å²) in [7, 11) is -5.61. The number of amides is 1. The average molecular weight is 297 g/mol. The fourth-order valence-electron chi connectivity index (χ4n) is 1.22. The molecule has 0 aliphatic carbocycles. The fraction of sp³-hybridized carbons (Fsp3) is 0.889. The molecule has 0 rings (SSSR count). The molecule has 0 bridgehead atoms. The molecule has 0 spiro atoms. The maximum atomic E-state index is 12.6. The Morgan fingerprint density at radius 2 is 1.41 bits per heavy atom. The molecular weight excluding hydrogens is 273 g/mol. The molecule has 8 heteroatoms. The van der Waals surface area contributed by atoms with Crippen molar-refractivity contribution in [2.75, 3.05) is 13.3 Å². The minimum atomic E-state index is -3.22. The molecular formula is C9H24NO4PSi2. The number of carbonyl (C=O) groups is 1. The third-order valence-corrected chi connectivity index (χ3v) is 8.80. The van der Waals surface area contributed by atoms with Gasteiger partial charge in [-0.05, 0) is 39.3 Å². The molecule has 0 saturated heterocycles. The molecule has 5 nitrogen and oxygen atoms in total. The molecule has 17 heavy (non-hydrogen) atoms. The van der Waals surface area contributed by atoms with Gasteiger partial charge in [0, 0.05) is 7.05 Å². The average Bonchev–Trinajstić information content (AvgIpc) is 1.94. The van der Waals surface area contributed by atoms with Crippen LogP contribution in [0.4, 0.5) is 0 Å². The standard InChI is InChI=1S/C9H24NO4PSi2/c1-10(8-11)9-15(12,13-16(2,3)4)14-17(5,6)7/h8H,9H2,1-7H3. The third kappa shape index (κ3) is 8.73. The normalized spacial score (nSPS) is 13.6. The van der Waals surface area contributed by atoms with E-state index in [1.54, 1.807) is 7.05 Å². The third-order valence-electron chi connectivity index (χ3n) is 1.40. The second-order valence-electron chi connectivity index (χ2n) is 6.02. The van der Waals surface area contributed by atoms with Crippen molar-refractivity contribution in [3.05, 3.63) is 0 Å². The number of hydrogen-bond acceptors (Lipinski definition) is 4. The van der Waals surface area contributed by atoms with Crippen LogP contribution in [0.2, 0.25) is 39.3 Å². The van der Waals surface area contributed by atoms with E-state index in [0.29, 0.717) is 6.41 Å². The minimum Gasteiger partial charge on any atom is -0.350 e. The van der Waals surface area contributed by atoms with Gasteiger partial charge in [-0.15, -0.1) is 0 Å². The maximum Gasteiger partial charge on any atom is 0.330 e. The Morgan fingerprint density at radius 3 is 1.65 bits per heavy atom. The highest BCUT2D eigenvalue weighted by molar-refractivity contribution is 7.57. The smallest absolute Gasteiger partial charge is 0.330 e. The van der Waals surface area contributed by atoms with Crippen LogP contribution in [-0.2, 0) is 17.8 Å². The summed E-state index contributed by atoms with van der Waals surface area (Å²) in [5.41, 5.74) is 0. The second-order valence-corrected chi connectivity index (χ2v) is 17.4. The van der Waals surface area contributed by atoms with Crippen LogP contribution in [0.25, 0.3) is 0 Å². The lowest BCUT2D eigenvalue weighted by Gasteiger charge is -2.32. The molecule has 0 aromatic rings. The monoisotopic (exact) mass is 297 g/mol. The van der Waals surface area contributed by atoms with E-state index in [0.717, 1.165) is 0 Å². The molecule has 0 atom stereocenters. The molecule has 0 aromatic heterocycles. The van der Waals surface area contributed by atoms with Crippen LogP contribution in [0.3, 0.4) is 0 Å². The second kappa shape index (κ2) is 5.80. The molecule has 0 aliphatic rings. The predicted molar refractivity (Wildman–Crippen MR) is 75.2 cm³/mol. The SMILES string of the molecule is CN(C=O)CP(=O)(O[Si](C)(C)C)O[Si](C)(C)C. The van der Waals surface area contributed by atoms with Crippen LogP contribution in [0.5, 0.6) is 0 Å². The predicted octanol–water partition coefficient (Wildman–Crippen LogP) is 2.93. The number of hydrogen-bond donors (Lipinski definition) is 0. The lowest BCUT2D eigenvalue weighted by molar-refractivity contribution is -0.116. The molecule has 1 amide bonds. The molecule has 0 heterocycles. The summed E-state index contributed by atoms with van der Waals surface area (Å²) >= 11 is 0. The van der Waals surface area contributed by atoms with Crippen molar-refractivity contribution in [1.82, 2.24) is 4.90 Å². The van der Waals surface area contributed by atoms with Crippen molar-refractivity contribution in [1.29, 1.82) is 0 Å².